The predicted octanol–water partition coefficient (Wildman–Crippen LogP) is 1.77. The molecule has 0 fully saturated rings. The van der Waals surface area contributed by atoms with Crippen LogP contribution in [-0.4, -0.2) is 26.1 Å². The standard InChI is InChI=1S/C12H17FN2O2/c1-3-6-14-8-12(16)15-9-4-5-10(13)11(7-9)17-2/h4-5,7,14H,3,6,8H2,1-2H3,(H,15,16). The van der Waals surface area contributed by atoms with Crippen molar-refractivity contribution in [3.8, 4) is 5.75 Å². The summed E-state index contributed by atoms with van der Waals surface area (Å²) < 4.78 is 17.9. The molecule has 17 heavy (non-hydrogen) atoms. The molecular weight excluding hydrogens is 223 g/mol. The van der Waals surface area contributed by atoms with Gasteiger partial charge in [-0.1, -0.05) is 6.92 Å². The van der Waals surface area contributed by atoms with Crippen molar-refractivity contribution in [3.63, 3.8) is 0 Å². The van der Waals surface area contributed by atoms with Crippen LogP contribution in [0.1, 0.15) is 13.3 Å². The fourth-order valence-electron chi connectivity index (χ4n) is 1.32. The number of methoxy groups -OCH3 is 1. The Kier molecular flexibility index (Phi) is 5.42. The molecule has 0 heterocycles. The zero-order valence-electron chi connectivity index (χ0n) is 10.0. The van der Waals surface area contributed by atoms with Gasteiger partial charge in [-0.05, 0) is 25.1 Å². The summed E-state index contributed by atoms with van der Waals surface area (Å²) in [6.45, 7) is 3.06. The normalized spacial score (nSPS) is 10.1. The molecule has 0 unspecified atom stereocenters. The molecule has 1 aromatic rings. The molecule has 1 aromatic carbocycles. The molecule has 0 spiro atoms. The van der Waals surface area contributed by atoms with Gasteiger partial charge in [0.2, 0.25) is 5.91 Å². The van der Waals surface area contributed by atoms with E-state index in [-0.39, 0.29) is 18.2 Å². The quantitative estimate of drug-likeness (QED) is 0.745. The third-order valence-corrected chi connectivity index (χ3v) is 2.15. The van der Waals surface area contributed by atoms with Crippen LogP contribution < -0.4 is 15.4 Å². The number of rotatable bonds is 6. The van der Waals surface area contributed by atoms with Gasteiger partial charge in [0.05, 0.1) is 13.7 Å². The number of benzene rings is 1. The Bertz CT molecular complexity index is 383. The van der Waals surface area contributed by atoms with Gasteiger partial charge in [-0.25, -0.2) is 4.39 Å². The van der Waals surface area contributed by atoms with E-state index < -0.39 is 5.82 Å². The maximum Gasteiger partial charge on any atom is 0.238 e. The van der Waals surface area contributed by atoms with Crippen molar-refractivity contribution in [2.24, 2.45) is 0 Å². The molecule has 1 amide bonds. The van der Waals surface area contributed by atoms with E-state index in [4.69, 9.17) is 4.74 Å². The number of carbonyl (C=O) groups is 1. The molecule has 2 N–H and O–H groups in total. The minimum atomic E-state index is -0.449. The van der Waals surface area contributed by atoms with E-state index in [2.05, 4.69) is 10.6 Å². The summed E-state index contributed by atoms with van der Waals surface area (Å²) in [5, 5.41) is 5.63. The number of hydrogen-bond acceptors (Lipinski definition) is 3. The van der Waals surface area contributed by atoms with Crippen LogP contribution in [0.2, 0.25) is 0 Å². The second kappa shape index (κ2) is 6.85. The van der Waals surface area contributed by atoms with E-state index in [1.165, 1.54) is 25.3 Å². The average molecular weight is 240 g/mol. The first-order valence-electron chi connectivity index (χ1n) is 5.51. The van der Waals surface area contributed by atoms with E-state index in [1.807, 2.05) is 6.92 Å². The summed E-state index contributed by atoms with van der Waals surface area (Å²) in [5.41, 5.74) is 0.520. The molecule has 0 atom stereocenters. The minimum Gasteiger partial charge on any atom is -0.494 e. The molecule has 0 radical (unpaired) electrons. The van der Waals surface area contributed by atoms with Crippen molar-refractivity contribution in [2.75, 3.05) is 25.5 Å². The number of hydrogen-bond donors (Lipinski definition) is 2. The van der Waals surface area contributed by atoms with Gasteiger partial charge in [-0.15, -0.1) is 0 Å². The van der Waals surface area contributed by atoms with Gasteiger partial charge in [0, 0.05) is 11.8 Å². The van der Waals surface area contributed by atoms with Gasteiger partial charge < -0.3 is 15.4 Å². The van der Waals surface area contributed by atoms with Crippen molar-refractivity contribution in [1.82, 2.24) is 5.32 Å². The zero-order valence-corrected chi connectivity index (χ0v) is 10.0. The van der Waals surface area contributed by atoms with Crippen molar-refractivity contribution < 1.29 is 13.9 Å². The summed E-state index contributed by atoms with van der Waals surface area (Å²) in [6.07, 6.45) is 0.970. The summed E-state index contributed by atoms with van der Waals surface area (Å²) in [4.78, 5) is 11.5. The van der Waals surface area contributed by atoms with Gasteiger partial charge in [0.25, 0.3) is 0 Å². The highest BCUT2D eigenvalue weighted by Gasteiger charge is 2.06. The van der Waals surface area contributed by atoms with Crippen molar-refractivity contribution >= 4 is 11.6 Å². The summed E-state index contributed by atoms with van der Waals surface area (Å²) in [5.74, 6) is -0.494. The first-order valence-corrected chi connectivity index (χ1v) is 5.51. The SMILES string of the molecule is CCCNCC(=O)Nc1ccc(F)c(OC)c1. The first kappa shape index (κ1) is 13.4. The molecule has 0 aliphatic rings. The second-order valence-electron chi connectivity index (χ2n) is 3.57. The van der Waals surface area contributed by atoms with Crippen LogP contribution in [0.4, 0.5) is 10.1 Å². The molecular formula is C12H17FN2O2. The number of amides is 1. The van der Waals surface area contributed by atoms with Crippen LogP contribution in [-0.2, 0) is 4.79 Å². The Morgan fingerprint density at radius 3 is 2.88 bits per heavy atom. The third-order valence-electron chi connectivity index (χ3n) is 2.15. The van der Waals surface area contributed by atoms with Gasteiger partial charge in [-0.3, -0.25) is 4.79 Å². The van der Waals surface area contributed by atoms with E-state index in [0.29, 0.717) is 5.69 Å². The van der Waals surface area contributed by atoms with E-state index in [9.17, 15) is 9.18 Å². The molecule has 0 bridgehead atoms. The van der Waals surface area contributed by atoms with Gasteiger partial charge >= 0.3 is 0 Å². The van der Waals surface area contributed by atoms with Crippen LogP contribution in [0.3, 0.4) is 0 Å². The van der Waals surface area contributed by atoms with Gasteiger partial charge in [-0.2, -0.15) is 0 Å². The van der Waals surface area contributed by atoms with Crippen molar-refractivity contribution in [1.29, 1.82) is 0 Å². The lowest BCUT2D eigenvalue weighted by atomic mass is 10.3. The number of anilines is 1. The van der Waals surface area contributed by atoms with E-state index in [1.54, 1.807) is 0 Å². The number of halogens is 1. The summed E-state index contributed by atoms with van der Waals surface area (Å²) in [6, 6.07) is 4.20. The highest BCUT2D eigenvalue weighted by atomic mass is 19.1. The Morgan fingerprint density at radius 2 is 2.24 bits per heavy atom. The zero-order chi connectivity index (χ0) is 12.7. The molecule has 5 heteroatoms. The van der Waals surface area contributed by atoms with Crippen molar-refractivity contribution in [2.45, 2.75) is 13.3 Å². The number of nitrogens with one attached hydrogen (secondary N) is 2. The average Bonchev–Trinajstić information content (AvgIpc) is 2.32. The molecule has 1 rings (SSSR count). The fraction of sp³-hybridized carbons (Fsp3) is 0.417. The van der Waals surface area contributed by atoms with Crippen molar-refractivity contribution in [3.05, 3.63) is 24.0 Å². The maximum absolute atomic E-state index is 13.1. The van der Waals surface area contributed by atoms with Crippen LogP contribution in [0.15, 0.2) is 18.2 Å². The van der Waals surface area contributed by atoms with E-state index in [0.717, 1.165) is 13.0 Å². The molecule has 0 aromatic heterocycles. The molecule has 94 valence electrons. The number of ether oxygens (including phenoxy) is 1. The lowest BCUT2D eigenvalue weighted by molar-refractivity contribution is -0.115. The fourth-order valence-corrected chi connectivity index (χ4v) is 1.32. The lowest BCUT2D eigenvalue weighted by Gasteiger charge is -2.08. The lowest BCUT2D eigenvalue weighted by Crippen LogP contribution is -2.28. The Hall–Kier alpha value is -1.62. The topological polar surface area (TPSA) is 50.4 Å². The Morgan fingerprint density at radius 1 is 1.47 bits per heavy atom. The summed E-state index contributed by atoms with van der Waals surface area (Å²) in [7, 11) is 1.38. The maximum atomic E-state index is 13.1. The highest BCUT2D eigenvalue weighted by Crippen LogP contribution is 2.21. The van der Waals surface area contributed by atoms with Gasteiger partial charge in [0.1, 0.15) is 0 Å². The molecule has 0 aliphatic heterocycles. The largest absolute Gasteiger partial charge is 0.494 e. The highest BCUT2D eigenvalue weighted by molar-refractivity contribution is 5.92. The van der Waals surface area contributed by atoms with Gasteiger partial charge in [0.15, 0.2) is 11.6 Å². The first-order chi connectivity index (χ1) is 8.17. The molecule has 4 nitrogen and oxygen atoms in total. The predicted molar refractivity (Wildman–Crippen MR) is 64.7 cm³/mol. The minimum absolute atomic E-state index is 0.115. The van der Waals surface area contributed by atoms with Crippen LogP contribution >= 0.6 is 0 Å². The van der Waals surface area contributed by atoms with E-state index >= 15 is 0 Å². The second-order valence-corrected chi connectivity index (χ2v) is 3.57. The van der Waals surface area contributed by atoms with Crippen LogP contribution in [0, 0.1) is 5.82 Å². The number of carbonyl (C=O) groups excluding carboxylic acids is 1. The summed E-state index contributed by atoms with van der Waals surface area (Å²) >= 11 is 0. The smallest absolute Gasteiger partial charge is 0.238 e. The monoisotopic (exact) mass is 240 g/mol. The molecule has 0 saturated carbocycles. The van der Waals surface area contributed by atoms with Crippen LogP contribution in [0.5, 0.6) is 5.75 Å². The third kappa shape index (κ3) is 4.40. The molecule has 0 saturated heterocycles. The van der Waals surface area contributed by atoms with Crippen LogP contribution in [0.25, 0.3) is 0 Å². The Labute approximate surface area is 100 Å². The molecule has 0 aliphatic carbocycles. The Balaban J connectivity index is 2.53.